The maximum Gasteiger partial charge on any atom is 0.394 e. The Kier molecular flexibility index (Phi) is 6.37. The van der Waals surface area contributed by atoms with Gasteiger partial charge in [0.15, 0.2) is 0 Å². The summed E-state index contributed by atoms with van der Waals surface area (Å²) in [5, 5.41) is -8.58. The first-order valence-corrected chi connectivity index (χ1v) is 5.65. The standard InChI is InChI=1S/C7H9Cl4F3O/c1-4(2-5(9)3-8)15-7(11,14)6(10,12)13/h4-5H,2-3H2,1H3. The molecule has 0 radical (unpaired) electrons. The van der Waals surface area contributed by atoms with Gasteiger partial charge in [-0.3, -0.25) is 0 Å². The zero-order valence-electron chi connectivity index (χ0n) is 7.62. The van der Waals surface area contributed by atoms with E-state index < -0.39 is 22.2 Å². The van der Waals surface area contributed by atoms with Crippen molar-refractivity contribution in [3.8, 4) is 0 Å². The molecule has 0 rings (SSSR count). The van der Waals surface area contributed by atoms with Crippen LogP contribution in [0.1, 0.15) is 13.3 Å². The molecule has 0 N–H and O–H groups in total. The Labute approximate surface area is 106 Å². The Morgan fingerprint density at radius 2 is 1.73 bits per heavy atom. The molecule has 0 saturated carbocycles. The number of rotatable bonds is 6. The topological polar surface area (TPSA) is 9.23 Å². The summed E-state index contributed by atoms with van der Waals surface area (Å²) in [4.78, 5) is 0. The van der Waals surface area contributed by atoms with Crippen molar-refractivity contribution in [1.82, 2.24) is 0 Å². The molecule has 0 aliphatic heterocycles. The predicted molar refractivity (Wildman–Crippen MR) is 56.0 cm³/mol. The SMILES string of the molecule is CC(CC(Cl)CCl)OC(F)(Cl)C(F)(F)Cl. The molecule has 0 heterocycles. The minimum Gasteiger partial charge on any atom is -0.325 e. The molecule has 0 aromatic carbocycles. The molecule has 92 valence electrons. The molecule has 0 aliphatic rings. The van der Waals surface area contributed by atoms with Gasteiger partial charge in [-0.25, -0.2) is 0 Å². The van der Waals surface area contributed by atoms with E-state index in [2.05, 4.69) is 16.3 Å². The fraction of sp³-hybridized carbons (Fsp3) is 1.00. The summed E-state index contributed by atoms with van der Waals surface area (Å²) in [6, 6.07) is 0. The van der Waals surface area contributed by atoms with Crippen LogP contribution in [-0.2, 0) is 4.74 Å². The van der Waals surface area contributed by atoms with Gasteiger partial charge in [0.05, 0.1) is 6.10 Å². The van der Waals surface area contributed by atoms with Gasteiger partial charge in [-0.2, -0.15) is 13.2 Å². The Morgan fingerprint density at radius 1 is 1.27 bits per heavy atom. The van der Waals surface area contributed by atoms with E-state index in [-0.39, 0.29) is 12.3 Å². The molecular formula is C7H9Cl4F3O. The minimum atomic E-state index is -4.31. The van der Waals surface area contributed by atoms with Gasteiger partial charge in [0.25, 0.3) is 0 Å². The molecule has 1 nitrogen and oxygen atoms in total. The summed E-state index contributed by atoms with van der Waals surface area (Å²) in [5.41, 5.74) is 0. The van der Waals surface area contributed by atoms with Crippen molar-refractivity contribution in [2.75, 3.05) is 5.88 Å². The van der Waals surface area contributed by atoms with Gasteiger partial charge >= 0.3 is 10.7 Å². The van der Waals surface area contributed by atoms with Crippen LogP contribution in [0.2, 0.25) is 0 Å². The van der Waals surface area contributed by atoms with Crippen molar-refractivity contribution in [1.29, 1.82) is 0 Å². The average Bonchev–Trinajstić information content (AvgIpc) is 2.00. The molecule has 0 spiro atoms. The lowest BCUT2D eigenvalue weighted by Crippen LogP contribution is -2.40. The molecule has 0 aliphatic carbocycles. The van der Waals surface area contributed by atoms with Crippen LogP contribution >= 0.6 is 46.4 Å². The zero-order valence-corrected chi connectivity index (χ0v) is 10.6. The van der Waals surface area contributed by atoms with Gasteiger partial charge in [0, 0.05) is 11.3 Å². The summed E-state index contributed by atoms with van der Waals surface area (Å²) in [5.74, 6) is 0.0914. The second kappa shape index (κ2) is 6.01. The first kappa shape index (κ1) is 15.9. The summed E-state index contributed by atoms with van der Waals surface area (Å²) in [6.45, 7) is 1.33. The second-order valence-electron chi connectivity index (χ2n) is 2.93. The van der Waals surface area contributed by atoms with Gasteiger partial charge in [-0.1, -0.05) is 0 Å². The molecule has 0 aromatic heterocycles. The van der Waals surface area contributed by atoms with E-state index in [1.54, 1.807) is 0 Å². The number of halogens is 7. The first-order chi connectivity index (χ1) is 6.60. The highest BCUT2D eigenvalue weighted by molar-refractivity contribution is 6.31. The highest BCUT2D eigenvalue weighted by atomic mass is 35.5. The molecule has 0 saturated heterocycles. The average molecular weight is 308 g/mol. The fourth-order valence-corrected chi connectivity index (χ4v) is 1.36. The summed E-state index contributed by atoms with van der Waals surface area (Å²) in [6.07, 6.45) is -0.852. The monoisotopic (exact) mass is 306 g/mol. The largest absolute Gasteiger partial charge is 0.394 e. The molecule has 15 heavy (non-hydrogen) atoms. The van der Waals surface area contributed by atoms with E-state index in [0.29, 0.717) is 0 Å². The van der Waals surface area contributed by atoms with Crippen LogP contribution in [0.25, 0.3) is 0 Å². The van der Waals surface area contributed by atoms with Crippen molar-refractivity contribution in [3.63, 3.8) is 0 Å². The van der Waals surface area contributed by atoms with Gasteiger partial charge in [-0.05, 0) is 36.5 Å². The number of ether oxygens (including phenoxy) is 1. The molecule has 3 atom stereocenters. The van der Waals surface area contributed by atoms with E-state index in [1.807, 2.05) is 0 Å². The molecule has 0 bridgehead atoms. The highest BCUT2D eigenvalue weighted by Crippen LogP contribution is 2.41. The quantitative estimate of drug-likeness (QED) is 0.664. The molecule has 0 aromatic rings. The smallest absolute Gasteiger partial charge is 0.325 e. The Bertz CT molecular complexity index is 197. The first-order valence-electron chi connectivity index (χ1n) is 3.92. The van der Waals surface area contributed by atoms with Crippen molar-refractivity contribution in [3.05, 3.63) is 0 Å². The maximum absolute atomic E-state index is 13.0. The molecule has 0 amide bonds. The summed E-state index contributed by atoms with van der Waals surface area (Å²) in [7, 11) is 0. The van der Waals surface area contributed by atoms with Crippen LogP contribution in [0.4, 0.5) is 13.2 Å². The maximum atomic E-state index is 13.0. The van der Waals surface area contributed by atoms with E-state index in [0.717, 1.165) is 0 Å². The van der Waals surface area contributed by atoms with Crippen molar-refractivity contribution in [2.45, 2.75) is 35.5 Å². The molecule has 3 unspecified atom stereocenters. The van der Waals surface area contributed by atoms with Crippen molar-refractivity contribution in [2.24, 2.45) is 0 Å². The minimum absolute atomic E-state index is 0.0798. The van der Waals surface area contributed by atoms with Crippen LogP contribution in [0.15, 0.2) is 0 Å². The lowest BCUT2D eigenvalue weighted by Gasteiger charge is -2.26. The predicted octanol–water partition coefficient (Wildman–Crippen LogP) is 4.32. The van der Waals surface area contributed by atoms with Crippen LogP contribution in [0.5, 0.6) is 0 Å². The zero-order chi connectivity index (χ0) is 12.3. The fourth-order valence-electron chi connectivity index (χ4n) is 0.791. The molecule has 0 fully saturated rings. The lowest BCUT2D eigenvalue weighted by molar-refractivity contribution is -0.206. The van der Waals surface area contributed by atoms with Gasteiger partial charge in [0.1, 0.15) is 0 Å². The Balaban J connectivity index is 4.22. The van der Waals surface area contributed by atoms with Crippen LogP contribution in [-0.4, -0.2) is 28.1 Å². The Morgan fingerprint density at radius 3 is 2.07 bits per heavy atom. The second-order valence-corrected chi connectivity index (χ2v) is 4.82. The number of alkyl halides is 7. The van der Waals surface area contributed by atoms with E-state index >= 15 is 0 Å². The molecular weight excluding hydrogens is 299 g/mol. The van der Waals surface area contributed by atoms with E-state index in [9.17, 15) is 13.2 Å². The van der Waals surface area contributed by atoms with Gasteiger partial charge < -0.3 is 4.74 Å². The number of hydrogen-bond donors (Lipinski definition) is 0. The Hall–Kier alpha value is 0.910. The van der Waals surface area contributed by atoms with E-state index in [4.69, 9.17) is 34.8 Å². The lowest BCUT2D eigenvalue weighted by atomic mass is 10.2. The third-order valence-corrected chi connectivity index (χ3v) is 2.96. The van der Waals surface area contributed by atoms with Crippen molar-refractivity contribution < 1.29 is 17.9 Å². The van der Waals surface area contributed by atoms with Gasteiger partial charge in [0.2, 0.25) is 0 Å². The van der Waals surface area contributed by atoms with Crippen LogP contribution in [0.3, 0.4) is 0 Å². The van der Waals surface area contributed by atoms with Gasteiger partial charge in [-0.15, -0.1) is 23.2 Å². The van der Waals surface area contributed by atoms with Crippen LogP contribution < -0.4 is 0 Å². The highest BCUT2D eigenvalue weighted by Gasteiger charge is 2.55. The normalized spacial score (nSPS) is 20.8. The third kappa shape index (κ3) is 5.68. The summed E-state index contributed by atoms with van der Waals surface area (Å²) >= 11 is 20.2. The number of hydrogen-bond acceptors (Lipinski definition) is 1. The van der Waals surface area contributed by atoms with Crippen LogP contribution in [0, 0.1) is 0 Å². The summed E-state index contributed by atoms with van der Waals surface area (Å²) < 4.78 is 41.9. The third-order valence-electron chi connectivity index (χ3n) is 1.43. The molecule has 8 heteroatoms. The van der Waals surface area contributed by atoms with E-state index in [1.165, 1.54) is 6.92 Å². The van der Waals surface area contributed by atoms with Crippen molar-refractivity contribution >= 4 is 46.4 Å².